The van der Waals surface area contributed by atoms with Crippen LogP contribution in [0.3, 0.4) is 0 Å². The summed E-state index contributed by atoms with van der Waals surface area (Å²) in [4.78, 5) is 4.38. The Kier molecular flexibility index (Phi) is 3.49. The Hall–Kier alpha value is -1.84. The Balaban J connectivity index is 1.78. The van der Waals surface area contributed by atoms with Gasteiger partial charge in [-0.2, -0.15) is 5.10 Å². The van der Waals surface area contributed by atoms with Crippen molar-refractivity contribution < 1.29 is 0 Å². The Morgan fingerprint density at radius 1 is 1.26 bits per heavy atom. The summed E-state index contributed by atoms with van der Waals surface area (Å²) in [5.74, 6) is 1.43. The van der Waals surface area contributed by atoms with Crippen molar-refractivity contribution in [2.24, 2.45) is 5.92 Å². The molecule has 0 aliphatic heterocycles. The molecule has 3 rings (SSSR count). The fourth-order valence-electron chi connectivity index (χ4n) is 3.02. The number of rotatable bonds is 4. The van der Waals surface area contributed by atoms with E-state index in [1.165, 1.54) is 32.1 Å². The van der Waals surface area contributed by atoms with Crippen molar-refractivity contribution in [2.45, 2.75) is 38.5 Å². The van der Waals surface area contributed by atoms with Crippen molar-refractivity contribution >= 4 is 5.82 Å². The third kappa shape index (κ3) is 2.62. The van der Waals surface area contributed by atoms with E-state index in [1.807, 2.05) is 18.2 Å². The van der Waals surface area contributed by atoms with Gasteiger partial charge in [0, 0.05) is 11.9 Å². The first-order valence-electron chi connectivity index (χ1n) is 7.08. The molecule has 2 aromatic heterocycles. The molecule has 1 fully saturated rings. The van der Waals surface area contributed by atoms with Gasteiger partial charge < -0.3 is 5.73 Å². The number of H-pyrrole nitrogens is 1. The molecule has 0 aromatic carbocycles. The molecule has 0 atom stereocenters. The van der Waals surface area contributed by atoms with Gasteiger partial charge in [-0.05, 0) is 30.9 Å². The molecule has 1 aliphatic carbocycles. The maximum atomic E-state index is 5.97. The summed E-state index contributed by atoms with van der Waals surface area (Å²) in [5.41, 5.74) is 9.00. The van der Waals surface area contributed by atoms with Gasteiger partial charge in [-0.1, -0.05) is 31.7 Å². The summed E-state index contributed by atoms with van der Waals surface area (Å²) in [5, 5.41) is 7.23. The lowest BCUT2D eigenvalue weighted by Crippen LogP contribution is -1.99. The highest BCUT2D eigenvalue weighted by Gasteiger charge is 2.18. The van der Waals surface area contributed by atoms with Crippen molar-refractivity contribution in [3.8, 4) is 11.3 Å². The minimum Gasteiger partial charge on any atom is -0.382 e. The smallest absolute Gasteiger partial charge is 0.154 e. The normalized spacial score (nSPS) is 16.0. The highest BCUT2D eigenvalue weighted by Crippen LogP contribution is 2.31. The fraction of sp³-hybridized carbons (Fsp3) is 0.467. The van der Waals surface area contributed by atoms with Crippen molar-refractivity contribution in [2.75, 3.05) is 5.73 Å². The number of aryl methyl sites for hydroxylation is 1. The summed E-state index contributed by atoms with van der Waals surface area (Å²) in [7, 11) is 0. The number of hydrogen-bond acceptors (Lipinski definition) is 3. The van der Waals surface area contributed by atoms with Gasteiger partial charge in [-0.25, -0.2) is 0 Å². The molecular weight excluding hydrogens is 236 g/mol. The van der Waals surface area contributed by atoms with E-state index in [1.54, 1.807) is 6.20 Å². The Morgan fingerprint density at radius 2 is 2.11 bits per heavy atom. The molecule has 4 nitrogen and oxygen atoms in total. The SMILES string of the molecule is Nc1n[nH]c(CCC2CCCC2)c1-c1ccccn1. The summed E-state index contributed by atoms with van der Waals surface area (Å²) in [6.07, 6.45) is 9.57. The number of pyridine rings is 1. The van der Waals surface area contributed by atoms with Gasteiger partial charge in [0.2, 0.25) is 0 Å². The Labute approximate surface area is 113 Å². The molecule has 100 valence electrons. The maximum absolute atomic E-state index is 5.97. The molecular formula is C15H20N4. The lowest BCUT2D eigenvalue weighted by atomic mass is 9.98. The second-order valence-corrected chi connectivity index (χ2v) is 5.37. The summed E-state index contributed by atoms with van der Waals surface area (Å²) < 4.78 is 0. The molecule has 0 bridgehead atoms. The van der Waals surface area contributed by atoms with Crippen LogP contribution in [0.1, 0.15) is 37.8 Å². The third-order valence-electron chi connectivity index (χ3n) is 4.07. The van der Waals surface area contributed by atoms with Gasteiger partial charge >= 0.3 is 0 Å². The average molecular weight is 256 g/mol. The number of nitrogens with one attached hydrogen (secondary N) is 1. The quantitative estimate of drug-likeness (QED) is 0.882. The van der Waals surface area contributed by atoms with Gasteiger partial charge in [0.25, 0.3) is 0 Å². The summed E-state index contributed by atoms with van der Waals surface area (Å²) in [6.45, 7) is 0. The molecule has 2 heterocycles. The largest absolute Gasteiger partial charge is 0.382 e. The van der Waals surface area contributed by atoms with Crippen LogP contribution >= 0.6 is 0 Å². The van der Waals surface area contributed by atoms with Crippen LogP contribution in [0.15, 0.2) is 24.4 Å². The van der Waals surface area contributed by atoms with Crippen molar-refractivity contribution in [3.05, 3.63) is 30.1 Å². The molecule has 2 aromatic rings. The van der Waals surface area contributed by atoms with Crippen LogP contribution in [0.4, 0.5) is 5.82 Å². The van der Waals surface area contributed by atoms with Crippen molar-refractivity contribution in [1.29, 1.82) is 0 Å². The number of nitrogens with two attached hydrogens (primary N) is 1. The summed E-state index contributed by atoms with van der Waals surface area (Å²) in [6, 6.07) is 5.88. The first kappa shape index (κ1) is 12.2. The van der Waals surface area contributed by atoms with Crippen LogP contribution in [-0.2, 0) is 6.42 Å². The first-order chi connectivity index (χ1) is 9.34. The predicted octanol–water partition coefficient (Wildman–Crippen LogP) is 3.18. The van der Waals surface area contributed by atoms with Gasteiger partial charge in [0.1, 0.15) is 0 Å². The van der Waals surface area contributed by atoms with Crippen LogP contribution in [-0.4, -0.2) is 15.2 Å². The van der Waals surface area contributed by atoms with Crippen LogP contribution in [0.2, 0.25) is 0 Å². The van der Waals surface area contributed by atoms with Crippen LogP contribution < -0.4 is 5.73 Å². The Morgan fingerprint density at radius 3 is 2.84 bits per heavy atom. The number of aromatic nitrogens is 3. The van der Waals surface area contributed by atoms with E-state index in [-0.39, 0.29) is 0 Å². The molecule has 0 spiro atoms. The third-order valence-corrected chi connectivity index (χ3v) is 4.07. The van der Waals surface area contributed by atoms with E-state index in [0.29, 0.717) is 5.82 Å². The standard InChI is InChI=1S/C15H20N4/c16-15-14(12-7-3-4-10-17-12)13(18-19-15)9-8-11-5-1-2-6-11/h3-4,7,10-11H,1-2,5-6,8-9H2,(H3,16,18,19). The number of nitrogens with zero attached hydrogens (tertiary/aromatic N) is 2. The van der Waals surface area contributed by atoms with Gasteiger partial charge in [0.15, 0.2) is 5.82 Å². The van der Waals surface area contributed by atoms with Crippen molar-refractivity contribution in [3.63, 3.8) is 0 Å². The van der Waals surface area contributed by atoms with Crippen molar-refractivity contribution in [1.82, 2.24) is 15.2 Å². The molecule has 19 heavy (non-hydrogen) atoms. The molecule has 3 N–H and O–H groups in total. The van der Waals surface area contributed by atoms with E-state index in [4.69, 9.17) is 5.73 Å². The second-order valence-electron chi connectivity index (χ2n) is 5.37. The van der Waals surface area contributed by atoms with E-state index >= 15 is 0 Å². The summed E-state index contributed by atoms with van der Waals surface area (Å²) >= 11 is 0. The number of aromatic amines is 1. The molecule has 0 saturated heterocycles. The van der Waals surface area contributed by atoms with E-state index in [9.17, 15) is 0 Å². The molecule has 0 unspecified atom stereocenters. The monoisotopic (exact) mass is 256 g/mol. The molecule has 1 saturated carbocycles. The first-order valence-corrected chi connectivity index (χ1v) is 7.08. The van der Waals surface area contributed by atoms with E-state index in [2.05, 4.69) is 15.2 Å². The number of nitrogen functional groups attached to an aromatic ring is 1. The lowest BCUT2D eigenvalue weighted by Gasteiger charge is -2.08. The maximum Gasteiger partial charge on any atom is 0.154 e. The number of anilines is 1. The second kappa shape index (κ2) is 5.43. The van der Waals surface area contributed by atoms with Crippen LogP contribution in [0.5, 0.6) is 0 Å². The van der Waals surface area contributed by atoms with E-state index < -0.39 is 0 Å². The zero-order valence-electron chi connectivity index (χ0n) is 11.1. The van der Waals surface area contributed by atoms with E-state index in [0.717, 1.165) is 29.3 Å². The minimum atomic E-state index is 0.556. The number of hydrogen-bond donors (Lipinski definition) is 2. The topological polar surface area (TPSA) is 67.6 Å². The van der Waals surface area contributed by atoms with Gasteiger partial charge in [-0.15, -0.1) is 0 Å². The molecule has 4 heteroatoms. The molecule has 0 amide bonds. The lowest BCUT2D eigenvalue weighted by molar-refractivity contribution is 0.501. The van der Waals surface area contributed by atoms with Crippen LogP contribution in [0, 0.1) is 5.92 Å². The average Bonchev–Trinajstić information content (AvgIpc) is 3.07. The van der Waals surface area contributed by atoms with Gasteiger partial charge in [0.05, 0.1) is 11.3 Å². The minimum absolute atomic E-state index is 0.556. The highest BCUT2D eigenvalue weighted by molar-refractivity contribution is 5.73. The van der Waals surface area contributed by atoms with Crippen LogP contribution in [0.25, 0.3) is 11.3 Å². The Bertz CT molecular complexity index is 526. The predicted molar refractivity (Wildman–Crippen MR) is 76.5 cm³/mol. The van der Waals surface area contributed by atoms with Gasteiger partial charge in [-0.3, -0.25) is 10.1 Å². The highest BCUT2D eigenvalue weighted by atomic mass is 15.2. The zero-order chi connectivity index (χ0) is 13.1. The molecule has 0 radical (unpaired) electrons. The molecule has 1 aliphatic rings. The zero-order valence-corrected chi connectivity index (χ0v) is 11.1. The fourth-order valence-corrected chi connectivity index (χ4v) is 3.02.